The fraction of sp³-hybridized carbons (Fsp3) is 0.0164. The van der Waals surface area contributed by atoms with Gasteiger partial charge >= 0.3 is 6.18 Å². The Morgan fingerprint density at radius 3 is 1.25 bits per heavy atom. The van der Waals surface area contributed by atoms with Crippen LogP contribution < -0.4 is 42.6 Å². The molecule has 8 heteroatoms. The van der Waals surface area contributed by atoms with Gasteiger partial charge in [-0.2, -0.15) is 13.2 Å². The standard InChI is InChI=1S/C61H37B2F3N2S/c64-61(65,66)54-58-55-59-56-60(54)69-53-29-14-10-25-49(53)63(56)47-23-8-12-27-51(47)67(59)50-26-11-7-22-46(50)62(55)48-24-9-13-28-52(48)68(58)57-44(42-34-30-40(31-35-42)38-16-3-1-4-17-38)20-15-21-45(57)43-36-32-41(33-37-43)39-18-5-2-6-19-39/h1-37H. The number of rotatable bonds is 5. The normalized spacial score (nSPS) is 13.6. The van der Waals surface area contributed by atoms with E-state index in [0.29, 0.717) is 11.2 Å². The van der Waals surface area contributed by atoms with Crippen molar-refractivity contribution in [2.45, 2.75) is 16.0 Å². The number of hydrogen-bond donors (Lipinski definition) is 0. The molecule has 10 aromatic carbocycles. The Morgan fingerprint density at radius 1 is 0.333 bits per heavy atom. The van der Waals surface area contributed by atoms with Crippen LogP contribution in [0.2, 0.25) is 0 Å². The molecule has 2 nitrogen and oxygen atoms in total. The fourth-order valence-corrected chi connectivity index (χ4v) is 13.0. The highest BCUT2D eigenvalue weighted by Crippen LogP contribution is 2.56. The van der Waals surface area contributed by atoms with Gasteiger partial charge in [0, 0.05) is 43.7 Å². The quantitative estimate of drug-likeness (QED) is 0.159. The molecule has 0 N–H and O–H groups in total. The first-order valence-corrected chi connectivity index (χ1v) is 24.1. The molecule has 0 bridgehead atoms. The molecule has 324 valence electrons. The highest BCUT2D eigenvalue weighted by molar-refractivity contribution is 8.00. The number of alkyl halides is 3. The van der Waals surface area contributed by atoms with Crippen LogP contribution >= 0.6 is 11.8 Å². The first kappa shape index (κ1) is 40.2. The molecule has 0 aromatic heterocycles. The van der Waals surface area contributed by atoms with Crippen molar-refractivity contribution in [2.75, 3.05) is 9.80 Å². The van der Waals surface area contributed by atoms with Gasteiger partial charge in [0.15, 0.2) is 0 Å². The lowest BCUT2D eigenvalue weighted by molar-refractivity contribution is -0.139. The molecule has 69 heavy (non-hydrogen) atoms. The second-order valence-electron chi connectivity index (χ2n) is 18.2. The number of halogens is 3. The maximum Gasteiger partial charge on any atom is 0.419 e. The summed E-state index contributed by atoms with van der Waals surface area (Å²) in [4.78, 5) is 5.39. The number of benzene rings is 10. The molecule has 4 aliphatic rings. The van der Waals surface area contributed by atoms with Crippen LogP contribution in [0.25, 0.3) is 44.5 Å². The summed E-state index contributed by atoms with van der Waals surface area (Å²) in [6, 6.07) is 76.5. The lowest BCUT2D eigenvalue weighted by Crippen LogP contribution is -2.68. The molecule has 0 fully saturated rings. The zero-order valence-corrected chi connectivity index (χ0v) is 37.8. The van der Waals surface area contributed by atoms with Crippen LogP contribution in [0, 0.1) is 0 Å². The van der Waals surface area contributed by atoms with Gasteiger partial charge in [-0.05, 0) is 85.0 Å². The minimum Gasteiger partial charge on any atom is -0.312 e. The van der Waals surface area contributed by atoms with E-state index in [0.717, 1.165) is 99.5 Å². The minimum absolute atomic E-state index is 0.181. The molecule has 14 rings (SSSR count). The van der Waals surface area contributed by atoms with E-state index >= 15 is 13.2 Å². The van der Waals surface area contributed by atoms with Gasteiger partial charge in [-0.15, -0.1) is 0 Å². The molecule has 0 unspecified atom stereocenters. The van der Waals surface area contributed by atoms with Gasteiger partial charge in [-0.1, -0.05) is 217 Å². The van der Waals surface area contributed by atoms with Crippen molar-refractivity contribution in [3.05, 3.63) is 230 Å². The van der Waals surface area contributed by atoms with Crippen LogP contribution in [-0.4, -0.2) is 13.4 Å². The molecule has 0 spiro atoms. The zero-order valence-electron chi connectivity index (χ0n) is 37.0. The second-order valence-corrected chi connectivity index (χ2v) is 19.2. The summed E-state index contributed by atoms with van der Waals surface area (Å²) in [6.45, 7) is -0.891. The van der Waals surface area contributed by atoms with E-state index in [2.05, 4.69) is 138 Å². The van der Waals surface area contributed by atoms with Crippen molar-refractivity contribution < 1.29 is 13.2 Å². The topological polar surface area (TPSA) is 6.48 Å². The van der Waals surface area contributed by atoms with E-state index in [1.54, 1.807) is 0 Å². The molecular formula is C61H37B2F3N2S. The van der Waals surface area contributed by atoms with E-state index in [4.69, 9.17) is 0 Å². The highest BCUT2D eigenvalue weighted by atomic mass is 32.2. The molecule has 0 radical (unpaired) electrons. The third kappa shape index (κ3) is 5.98. The predicted molar refractivity (Wildman–Crippen MR) is 282 cm³/mol. The molecule has 0 saturated carbocycles. The van der Waals surface area contributed by atoms with Gasteiger partial charge in [0.2, 0.25) is 6.71 Å². The van der Waals surface area contributed by atoms with Gasteiger partial charge in [0.1, 0.15) is 0 Å². The zero-order chi connectivity index (χ0) is 46.0. The van der Waals surface area contributed by atoms with Crippen molar-refractivity contribution in [2.24, 2.45) is 0 Å². The van der Waals surface area contributed by atoms with Crippen LogP contribution in [0.3, 0.4) is 0 Å². The van der Waals surface area contributed by atoms with Crippen molar-refractivity contribution in [3.63, 3.8) is 0 Å². The second kappa shape index (κ2) is 15.3. The monoisotopic (exact) mass is 908 g/mol. The van der Waals surface area contributed by atoms with Crippen LogP contribution in [0.4, 0.5) is 47.3 Å². The van der Waals surface area contributed by atoms with E-state index in [1.807, 2.05) is 95.9 Å². The van der Waals surface area contributed by atoms with Gasteiger partial charge < -0.3 is 9.80 Å². The average Bonchev–Trinajstić information content (AvgIpc) is 3.40. The van der Waals surface area contributed by atoms with Gasteiger partial charge in [0.25, 0.3) is 6.71 Å². The van der Waals surface area contributed by atoms with Crippen molar-refractivity contribution in [1.82, 2.24) is 0 Å². The number of fused-ring (bicyclic) bond motifs is 10. The Morgan fingerprint density at radius 2 is 0.739 bits per heavy atom. The summed E-state index contributed by atoms with van der Waals surface area (Å²) in [5, 5.41) is 0. The largest absolute Gasteiger partial charge is 0.419 e. The third-order valence-electron chi connectivity index (χ3n) is 14.6. The predicted octanol–water partition coefficient (Wildman–Crippen LogP) is 12.8. The van der Waals surface area contributed by atoms with E-state index in [9.17, 15) is 0 Å². The Hall–Kier alpha value is -7.93. The Labute approximate surface area is 403 Å². The van der Waals surface area contributed by atoms with Gasteiger partial charge in [-0.25, -0.2) is 0 Å². The Bertz CT molecular complexity index is 3600. The maximum absolute atomic E-state index is 17.2. The smallest absolute Gasteiger partial charge is 0.312 e. The third-order valence-corrected chi connectivity index (χ3v) is 15.8. The van der Waals surface area contributed by atoms with Gasteiger partial charge in [0.05, 0.1) is 16.9 Å². The summed E-state index contributed by atoms with van der Waals surface area (Å²) in [6.07, 6.45) is -4.75. The maximum atomic E-state index is 17.2. The van der Waals surface area contributed by atoms with Crippen LogP contribution in [0.15, 0.2) is 234 Å². The van der Waals surface area contributed by atoms with Crippen LogP contribution in [0.1, 0.15) is 5.56 Å². The van der Waals surface area contributed by atoms with Crippen LogP contribution in [0.5, 0.6) is 0 Å². The molecular weight excluding hydrogens is 871 g/mol. The summed E-state index contributed by atoms with van der Waals surface area (Å²) in [5.41, 5.74) is 16.9. The number of para-hydroxylation sites is 4. The number of anilines is 6. The summed E-state index contributed by atoms with van der Waals surface area (Å²) in [7, 11) is 0. The summed E-state index contributed by atoms with van der Waals surface area (Å²) >= 11 is 1.26. The molecule has 4 heterocycles. The lowest BCUT2D eigenvalue weighted by atomic mass is 9.29. The molecule has 0 amide bonds. The molecule has 0 saturated heterocycles. The molecule has 0 atom stereocenters. The van der Waals surface area contributed by atoms with Gasteiger partial charge in [-0.3, -0.25) is 0 Å². The minimum atomic E-state index is -4.75. The molecule has 0 aliphatic carbocycles. The van der Waals surface area contributed by atoms with Crippen molar-refractivity contribution >= 4 is 92.1 Å². The number of hydrogen-bond acceptors (Lipinski definition) is 3. The fourth-order valence-electron chi connectivity index (χ4n) is 11.7. The van der Waals surface area contributed by atoms with Crippen LogP contribution in [-0.2, 0) is 6.18 Å². The number of nitrogens with zero attached hydrogens (tertiary/aromatic N) is 2. The molecule has 4 aliphatic heterocycles. The highest BCUT2D eigenvalue weighted by Gasteiger charge is 2.55. The SMILES string of the molecule is FC(F)(F)c1c2c3c4c5c1N(c1c(-c6ccc(-c7ccccc7)cc6)cccc1-c1ccc(-c6ccccc6)cc1)c1ccccc1B5c1ccccc1N4c1ccccc1B3c1ccccc1S2. The van der Waals surface area contributed by atoms with E-state index in [-0.39, 0.29) is 10.6 Å². The summed E-state index contributed by atoms with van der Waals surface area (Å²) < 4.78 is 51.7. The first-order chi connectivity index (χ1) is 33.9. The molecule has 10 aromatic rings. The van der Waals surface area contributed by atoms with Crippen molar-refractivity contribution in [3.8, 4) is 44.5 Å². The summed E-state index contributed by atoms with van der Waals surface area (Å²) in [5.74, 6) is 0. The first-order valence-electron chi connectivity index (χ1n) is 23.3. The van der Waals surface area contributed by atoms with E-state index in [1.165, 1.54) is 11.8 Å². The Balaban J connectivity index is 1.12. The average molecular weight is 909 g/mol. The Kier molecular flexibility index (Phi) is 8.90. The van der Waals surface area contributed by atoms with Crippen molar-refractivity contribution in [1.29, 1.82) is 0 Å². The van der Waals surface area contributed by atoms with E-state index < -0.39 is 25.2 Å². The lowest BCUT2D eigenvalue weighted by Gasteiger charge is -2.50.